The number of anilines is 2. The van der Waals surface area contributed by atoms with Gasteiger partial charge < -0.3 is 10.0 Å². The molecule has 0 aliphatic carbocycles. The van der Waals surface area contributed by atoms with Crippen molar-refractivity contribution in [3.8, 4) is 0 Å². The summed E-state index contributed by atoms with van der Waals surface area (Å²) in [6, 6.07) is 10.3. The van der Waals surface area contributed by atoms with Gasteiger partial charge in [-0.2, -0.15) is 13.2 Å². The van der Waals surface area contributed by atoms with Crippen molar-refractivity contribution in [2.45, 2.75) is 32.5 Å². The number of halogens is 3. The largest absolute Gasteiger partial charge is 0.503 e. The van der Waals surface area contributed by atoms with E-state index < -0.39 is 29.4 Å². The summed E-state index contributed by atoms with van der Waals surface area (Å²) in [6.07, 6.45) is -4.40. The van der Waals surface area contributed by atoms with Crippen LogP contribution >= 0.6 is 0 Å². The Morgan fingerprint density at radius 1 is 1.06 bits per heavy atom. The molecule has 1 heterocycles. The molecule has 32 heavy (non-hydrogen) atoms. The summed E-state index contributed by atoms with van der Waals surface area (Å²) in [5, 5.41) is 10.6. The molecule has 5 nitrogen and oxygen atoms in total. The van der Waals surface area contributed by atoms with E-state index in [1.165, 1.54) is 17.0 Å². The molecule has 2 aromatic rings. The smallest absolute Gasteiger partial charge is 0.416 e. The predicted octanol–water partition coefficient (Wildman–Crippen LogP) is 5.29. The van der Waals surface area contributed by atoms with Gasteiger partial charge in [-0.05, 0) is 47.9 Å². The van der Waals surface area contributed by atoms with E-state index in [2.05, 4.69) is 0 Å². The van der Waals surface area contributed by atoms with E-state index in [1.54, 1.807) is 12.1 Å². The minimum absolute atomic E-state index is 0.00483. The van der Waals surface area contributed by atoms with Gasteiger partial charge in [0.2, 0.25) is 0 Å². The van der Waals surface area contributed by atoms with Crippen molar-refractivity contribution >= 4 is 23.1 Å². The lowest BCUT2D eigenvalue weighted by Crippen LogP contribution is -2.31. The molecule has 0 aromatic heterocycles. The number of ketones is 1. The van der Waals surface area contributed by atoms with Crippen LogP contribution in [0.25, 0.3) is 0 Å². The van der Waals surface area contributed by atoms with Crippen LogP contribution in [0.5, 0.6) is 0 Å². The zero-order valence-corrected chi connectivity index (χ0v) is 18.3. The Hall–Kier alpha value is -3.29. The van der Waals surface area contributed by atoms with Gasteiger partial charge in [-0.1, -0.05) is 26.0 Å². The van der Waals surface area contributed by atoms with Crippen LogP contribution in [0.1, 0.15) is 37.4 Å². The quantitative estimate of drug-likeness (QED) is 0.655. The van der Waals surface area contributed by atoms with Gasteiger partial charge in [0.05, 0.1) is 17.2 Å². The van der Waals surface area contributed by atoms with E-state index in [1.807, 2.05) is 45.0 Å². The van der Waals surface area contributed by atoms with Crippen LogP contribution in [0.15, 0.2) is 59.9 Å². The summed E-state index contributed by atoms with van der Waals surface area (Å²) in [5.41, 5.74) is 0.722. The van der Waals surface area contributed by atoms with E-state index >= 15 is 0 Å². The number of Topliss-reactive ketones (excluding diaryl/α,β-unsaturated/α-hetero) is 1. The number of aliphatic hydroxyl groups excluding tert-OH is 1. The van der Waals surface area contributed by atoms with E-state index in [-0.39, 0.29) is 29.4 Å². The van der Waals surface area contributed by atoms with E-state index in [0.717, 1.165) is 17.8 Å². The number of amides is 1. The second kappa shape index (κ2) is 8.68. The van der Waals surface area contributed by atoms with Crippen molar-refractivity contribution in [2.24, 2.45) is 5.92 Å². The molecule has 0 radical (unpaired) electrons. The maximum absolute atomic E-state index is 13.0. The maximum atomic E-state index is 13.0. The molecule has 0 fully saturated rings. The average molecular weight is 446 g/mol. The van der Waals surface area contributed by atoms with Gasteiger partial charge in [0.15, 0.2) is 11.5 Å². The molecule has 0 bridgehead atoms. The van der Waals surface area contributed by atoms with E-state index in [4.69, 9.17) is 0 Å². The third-order valence-corrected chi connectivity index (χ3v) is 5.30. The fourth-order valence-electron chi connectivity index (χ4n) is 3.72. The minimum Gasteiger partial charge on any atom is -0.503 e. The first kappa shape index (κ1) is 23.4. The standard InChI is InChI=1S/C24H25F3N2O3/c1-14(2)13-19(30)20-21(15-5-9-17(10-6-15)28(3)4)29(23(32)22(20)31)18-11-7-16(8-12-18)24(25,26)27/h5-12,14,21,31H,13H2,1-4H3. The molecule has 1 unspecified atom stereocenters. The topological polar surface area (TPSA) is 60.9 Å². The van der Waals surface area contributed by atoms with Gasteiger partial charge in [0.1, 0.15) is 0 Å². The van der Waals surface area contributed by atoms with Crippen LogP contribution in [0.2, 0.25) is 0 Å². The molecule has 0 spiro atoms. The predicted molar refractivity (Wildman–Crippen MR) is 117 cm³/mol. The average Bonchev–Trinajstić information content (AvgIpc) is 2.98. The molecular formula is C24H25F3N2O3. The van der Waals surface area contributed by atoms with Crippen molar-refractivity contribution < 1.29 is 27.9 Å². The van der Waals surface area contributed by atoms with Crippen molar-refractivity contribution in [3.63, 3.8) is 0 Å². The molecule has 1 aliphatic heterocycles. The van der Waals surface area contributed by atoms with E-state index in [0.29, 0.717) is 5.56 Å². The molecular weight excluding hydrogens is 421 g/mol. The normalized spacial score (nSPS) is 16.8. The minimum atomic E-state index is -4.52. The Bertz CT molecular complexity index is 1040. The summed E-state index contributed by atoms with van der Waals surface area (Å²) in [7, 11) is 3.73. The summed E-state index contributed by atoms with van der Waals surface area (Å²) in [6.45, 7) is 3.70. The Kier molecular flexibility index (Phi) is 6.34. The summed E-state index contributed by atoms with van der Waals surface area (Å²) >= 11 is 0. The molecule has 8 heteroatoms. The van der Waals surface area contributed by atoms with Gasteiger partial charge in [-0.15, -0.1) is 0 Å². The third-order valence-electron chi connectivity index (χ3n) is 5.30. The first-order valence-corrected chi connectivity index (χ1v) is 10.2. The van der Waals surface area contributed by atoms with Crippen molar-refractivity contribution in [1.82, 2.24) is 0 Å². The first-order valence-electron chi connectivity index (χ1n) is 10.2. The Labute approximate surface area is 184 Å². The highest BCUT2D eigenvalue weighted by molar-refractivity contribution is 6.16. The molecule has 1 amide bonds. The number of carbonyl (C=O) groups is 2. The van der Waals surface area contributed by atoms with E-state index in [9.17, 15) is 27.9 Å². The van der Waals surface area contributed by atoms with Crippen molar-refractivity contribution in [1.29, 1.82) is 0 Å². The molecule has 1 aliphatic rings. The fourth-order valence-corrected chi connectivity index (χ4v) is 3.72. The summed E-state index contributed by atoms with van der Waals surface area (Å²) in [5.74, 6) is -1.87. The van der Waals surface area contributed by atoms with Crippen LogP contribution in [0, 0.1) is 5.92 Å². The highest BCUT2D eigenvalue weighted by atomic mass is 19.4. The van der Waals surface area contributed by atoms with Crippen LogP contribution in [-0.4, -0.2) is 30.9 Å². The number of aliphatic hydroxyl groups is 1. The van der Waals surface area contributed by atoms with Gasteiger partial charge in [-0.25, -0.2) is 0 Å². The molecule has 2 aromatic carbocycles. The molecule has 1 N–H and O–H groups in total. The molecule has 3 rings (SSSR count). The van der Waals surface area contributed by atoms with Crippen LogP contribution in [0.3, 0.4) is 0 Å². The highest BCUT2D eigenvalue weighted by Crippen LogP contribution is 2.42. The van der Waals surface area contributed by atoms with Crippen molar-refractivity contribution in [2.75, 3.05) is 23.9 Å². The second-order valence-electron chi connectivity index (χ2n) is 8.39. The SMILES string of the molecule is CC(C)CC(=O)C1=C(O)C(=O)N(c2ccc(C(F)(F)F)cc2)C1c1ccc(N(C)C)cc1. The fraction of sp³-hybridized carbons (Fsp3) is 0.333. The second-order valence-corrected chi connectivity index (χ2v) is 8.39. The number of hydrogen-bond acceptors (Lipinski definition) is 4. The zero-order chi connectivity index (χ0) is 23.8. The maximum Gasteiger partial charge on any atom is 0.416 e. The highest BCUT2D eigenvalue weighted by Gasteiger charge is 2.44. The Morgan fingerprint density at radius 3 is 2.09 bits per heavy atom. The van der Waals surface area contributed by atoms with Crippen molar-refractivity contribution in [3.05, 3.63) is 71.0 Å². The lowest BCUT2D eigenvalue weighted by molar-refractivity contribution is -0.137. The zero-order valence-electron chi connectivity index (χ0n) is 18.3. The Balaban J connectivity index is 2.11. The molecule has 0 saturated heterocycles. The van der Waals surface area contributed by atoms with Gasteiger partial charge in [0.25, 0.3) is 5.91 Å². The molecule has 1 atom stereocenters. The van der Waals surface area contributed by atoms with Gasteiger partial charge in [0, 0.05) is 31.9 Å². The van der Waals surface area contributed by atoms with Crippen LogP contribution < -0.4 is 9.80 Å². The lowest BCUT2D eigenvalue weighted by Gasteiger charge is -2.28. The van der Waals surface area contributed by atoms with Gasteiger partial charge in [-0.3, -0.25) is 14.5 Å². The molecule has 0 saturated carbocycles. The first-order chi connectivity index (χ1) is 14.9. The number of carbonyl (C=O) groups excluding carboxylic acids is 2. The van der Waals surface area contributed by atoms with Crippen LogP contribution in [0.4, 0.5) is 24.5 Å². The monoisotopic (exact) mass is 446 g/mol. The third kappa shape index (κ3) is 4.49. The Morgan fingerprint density at radius 2 is 1.62 bits per heavy atom. The number of nitrogens with zero attached hydrogens (tertiary/aromatic N) is 2. The molecule has 170 valence electrons. The number of rotatable bonds is 6. The van der Waals surface area contributed by atoms with Crippen LogP contribution in [-0.2, 0) is 15.8 Å². The summed E-state index contributed by atoms with van der Waals surface area (Å²) in [4.78, 5) is 29.0. The number of hydrogen-bond donors (Lipinski definition) is 1. The number of alkyl halides is 3. The summed E-state index contributed by atoms with van der Waals surface area (Å²) < 4.78 is 39.0. The lowest BCUT2D eigenvalue weighted by atomic mass is 9.92. The number of benzene rings is 2. The van der Waals surface area contributed by atoms with Gasteiger partial charge >= 0.3 is 6.18 Å².